The van der Waals surface area contributed by atoms with Crippen LogP contribution in [0.15, 0.2) is 21.8 Å². The number of carbonyl (C=O) groups excluding carboxylic acids is 2. The molecule has 0 aromatic rings. The van der Waals surface area contributed by atoms with Crippen LogP contribution in [-0.4, -0.2) is 39.5 Å². The van der Waals surface area contributed by atoms with Crippen LogP contribution >= 0.6 is 20.7 Å². The van der Waals surface area contributed by atoms with Crippen molar-refractivity contribution in [2.75, 3.05) is 6.61 Å². The molecule has 0 spiro atoms. The van der Waals surface area contributed by atoms with Gasteiger partial charge < -0.3 is 4.74 Å². The summed E-state index contributed by atoms with van der Waals surface area (Å²) in [4.78, 5) is 25.5. The van der Waals surface area contributed by atoms with Crippen molar-refractivity contribution in [1.29, 1.82) is 0 Å². The maximum Gasteiger partial charge on any atom is 0.229 e. The molecular weight excluding hydrogens is 405 g/mol. The number of halogens is 1. The number of allylic oxidation sites excluding steroid dienone is 2. The highest BCUT2D eigenvalue weighted by Crippen LogP contribution is 2.27. The summed E-state index contributed by atoms with van der Waals surface area (Å²) in [7, 11) is 0. The zero-order chi connectivity index (χ0) is 16.7. The van der Waals surface area contributed by atoms with E-state index in [1.54, 1.807) is 6.92 Å². The van der Waals surface area contributed by atoms with Crippen molar-refractivity contribution in [1.82, 2.24) is 4.90 Å². The van der Waals surface area contributed by atoms with Crippen LogP contribution in [-0.2, 0) is 14.3 Å². The molecule has 1 aliphatic carbocycles. The number of imide groups is 1. The van der Waals surface area contributed by atoms with Crippen molar-refractivity contribution in [2.24, 2.45) is 0 Å². The second-order valence-electron chi connectivity index (χ2n) is 5.93. The molecule has 4 nitrogen and oxygen atoms in total. The highest BCUT2D eigenvalue weighted by Gasteiger charge is 2.35. The lowest BCUT2D eigenvalue weighted by molar-refractivity contribution is -0.152. The smallest absolute Gasteiger partial charge is 0.229 e. The third kappa shape index (κ3) is 5.35. The van der Waals surface area contributed by atoms with Crippen LogP contribution in [0.25, 0.3) is 0 Å². The highest BCUT2D eigenvalue weighted by atomic mass is 127. The molecule has 1 saturated carbocycles. The van der Waals surface area contributed by atoms with Gasteiger partial charge in [-0.1, -0.05) is 52.6 Å². The van der Waals surface area contributed by atoms with E-state index in [0.29, 0.717) is 13.0 Å². The van der Waals surface area contributed by atoms with Gasteiger partial charge >= 0.3 is 0 Å². The van der Waals surface area contributed by atoms with Crippen molar-refractivity contribution in [3.8, 4) is 0 Å². The molecule has 0 aromatic heterocycles. The number of hydrogen-bond acceptors (Lipinski definition) is 3. The topological polar surface area (TPSA) is 46.6 Å². The molecule has 0 N–H and O–H groups in total. The molecule has 1 aliphatic heterocycles. The standard InChI is InChI=1S/C18H26INO3/c1-3-18(22)20(14(2)21)16-6-4-5-7-17(16)23-13-10-15-8-11-19-12-9-15/h8-9,11-12,16-17H,3-7,10,13H2,1-2H3/t16-,17-/m1/s1. The van der Waals surface area contributed by atoms with Gasteiger partial charge in [-0.25, -0.2) is 0 Å². The summed E-state index contributed by atoms with van der Waals surface area (Å²) in [6.45, 7) is 3.93. The first-order valence-corrected chi connectivity index (χ1v) is 10.9. The van der Waals surface area contributed by atoms with Crippen LogP contribution in [0.5, 0.6) is 0 Å². The van der Waals surface area contributed by atoms with E-state index in [9.17, 15) is 9.59 Å². The Hall–Kier alpha value is -0.820. The maximum atomic E-state index is 12.1. The summed E-state index contributed by atoms with van der Waals surface area (Å²) in [5.74, 6) is -0.247. The zero-order valence-electron chi connectivity index (χ0n) is 14.0. The molecule has 2 aliphatic rings. The summed E-state index contributed by atoms with van der Waals surface area (Å²) in [6, 6.07) is -0.0954. The first-order chi connectivity index (χ1) is 11.1. The van der Waals surface area contributed by atoms with E-state index in [4.69, 9.17) is 4.74 Å². The molecule has 2 amide bonds. The predicted molar refractivity (Wildman–Crippen MR) is 102 cm³/mol. The van der Waals surface area contributed by atoms with Crippen molar-refractivity contribution in [2.45, 2.75) is 64.5 Å². The highest BCUT2D eigenvalue weighted by molar-refractivity contribution is 14.2. The Balaban J connectivity index is 1.95. The van der Waals surface area contributed by atoms with E-state index in [2.05, 4.69) is 20.2 Å². The molecule has 128 valence electrons. The Morgan fingerprint density at radius 3 is 2.78 bits per heavy atom. The van der Waals surface area contributed by atoms with Gasteiger partial charge in [0.05, 0.1) is 18.8 Å². The molecular formula is C18H26INO3. The second-order valence-corrected chi connectivity index (χ2v) is 8.09. The van der Waals surface area contributed by atoms with Crippen LogP contribution in [0.2, 0.25) is 0 Å². The Kier molecular flexibility index (Phi) is 7.62. The lowest BCUT2D eigenvalue weighted by Crippen LogP contribution is -2.51. The zero-order valence-corrected chi connectivity index (χ0v) is 16.1. The molecule has 5 heteroatoms. The van der Waals surface area contributed by atoms with Crippen molar-refractivity contribution < 1.29 is 14.3 Å². The normalized spacial score (nSPS) is 23.8. The molecule has 2 atom stereocenters. The fraction of sp³-hybridized carbons (Fsp3) is 0.611. The Morgan fingerprint density at radius 2 is 2.13 bits per heavy atom. The van der Waals surface area contributed by atoms with Crippen LogP contribution in [0.4, 0.5) is 0 Å². The molecule has 0 radical (unpaired) electrons. The van der Waals surface area contributed by atoms with Gasteiger partial charge in [0.1, 0.15) is 0 Å². The molecule has 0 bridgehead atoms. The molecule has 2 rings (SSSR count). The van der Waals surface area contributed by atoms with Gasteiger partial charge in [0.25, 0.3) is 0 Å². The average molecular weight is 431 g/mol. The Morgan fingerprint density at radius 1 is 1.35 bits per heavy atom. The molecule has 0 saturated heterocycles. The van der Waals surface area contributed by atoms with Gasteiger partial charge in [0.15, 0.2) is 0 Å². The van der Waals surface area contributed by atoms with Gasteiger partial charge in [-0.3, -0.25) is 14.5 Å². The van der Waals surface area contributed by atoms with Crippen molar-refractivity contribution >= 4 is 36.6 Å². The largest absolute Gasteiger partial charge is 0.376 e. The molecule has 1 fully saturated rings. The number of nitrogens with zero attached hydrogens (tertiary/aromatic N) is 1. The Labute approximate surface area is 148 Å². The maximum absolute atomic E-state index is 12.1. The first kappa shape index (κ1) is 18.5. The fourth-order valence-electron chi connectivity index (χ4n) is 3.16. The number of rotatable bonds is 6. The minimum absolute atomic E-state index is 0.0206. The fourth-order valence-corrected chi connectivity index (χ4v) is 4.74. The third-order valence-corrected chi connectivity index (χ3v) is 5.88. The van der Waals surface area contributed by atoms with Gasteiger partial charge in [0, 0.05) is 13.3 Å². The lowest BCUT2D eigenvalue weighted by Gasteiger charge is -2.38. The van der Waals surface area contributed by atoms with Gasteiger partial charge in [-0.05, 0) is 32.9 Å². The monoisotopic (exact) mass is 431 g/mol. The van der Waals surface area contributed by atoms with Crippen molar-refractivity contribution in [3.63, 3.8) is 0 Å². The summed E-state index contributed by atoms with van der Waals surface area (Å²) in [5.41, 5.74) is 1.30. The predicted octanol–water partition coefficient (Wildman–Crippen LogP) is 3.72. The number of hydrogen-bond donors (Lipinski definition) is 0. The minimum Gasteiger partial charge on any atom is -0.376 e. The third-order valence-electron chi connectivity index (χ3n) is 4.33. The number of carbonyl (C=O) groups is 2. The summed E-state index contributed by atoms with van der Waals surface area (Å²) >= 11 is 0.121. The molecule has 23 heavy (non-hydrogen) atoms. The number of amides is 2. The molecule has 0 aromatic carbocycles. The van der Waals surface area contributed by atoms with Gasteiger partial charge in [0.2, 0.25) is 11.8 Å². The van der Waals surface area contributed by atoms with E-state index < -0.39 is 0 Å². The van der Waals surface area contributed by atoms with E-state index in [1.165, 1.54) is 17.4 Å². The quantitative estimate of drug-likeness (QED) is 0.603. The first-order valence-electron chi connectivity index (χ1n) is 8.38. The van der Waals surface area contributed by atoms with E-state index in [-0.39, 0.29) is 44.7 Å². The molecule has 0 unspecified atom stereocenters. The summed E-state index contributed by atoms with van der Waals surface area (Å²) in [5, 5.41) is 0. The summed E-state index contributed by atoms with van der Waals surface area (Å²) < 4.78 is 10.6. The van der Waals surface area contributed by atoms with Crippen LogP contribution in [0, 0.1) is 0 Å². The SMILES string of the molecule is CCC(=O)N(C(C)=O)[C@@H]1CCCC[C@H]1OCCC1=CC=IC=C1. The average Bonchev–Trinajstić information content (AvgIpc) is 2.57. The second kappa shape index (κ2) is 9.47. The van der Waals surface area contributed by atoms with Crippen LogP contribution in [0.1, 0.15) is 52.4 Å². The molecule has 1 heterocycles. The van der Waals surface area contributed by atoms with E-state index in [1.807, 2.05) is 0 Å². The summed E-state index contributed by atoms with van der Waals surface area (Å²) in [6.07, 6.45) is 9.56. The van der Waals surface area contributed by atoms with E-state index in [0.717, 1.165) is 32.1 Å². The van der Waals surface area contributed by atoms with Gasteiger partial charge in [-0.2, -0.15) is 0 Å². The van der Waals surface area contributed by atoms with Gasteiger partial charge in [-0.15, -0.1) is 0 Å². The number of ether oxygens (including phenoxy) is 1. The lowest BCUT2D eigenvalue weighted by atomic mass is 9.90. The Bertz CT molecular complexity index is 524. The minimum atomic E-state index is -0.159. The van der Waals surface area contributed by atoms with E-state index >= 15 is 0 Å². The van der Waals surface area contributed by atoms with Crippen LogP contribution in [0.3, 0.4) is 0 Å². The van der Waals surface area contributed by atoms with Crippen molar-refractivity contribution in [3.05, 3.63) is 21.8 Å². The van der Waals surface area contributed by atoms with Crippen LogP contribution < -0.4 is 0 Å².